The second kappa shape index (κ2) is 6.70. The van der Waals surface area contributed by atoms with E-state index in [0.29, 0.717) is 24.7 Å². The molecule has 0 aliphatic heterocycles. The van der Waals surface area contributed by atoms with Gasteiger partial charge in [-0.3, -0.25) is 0 Å². The van der Waals surface area contributed by atoms with Crippen LogP contribution in [0.4, 0.5) is 0 Å². The van der Waals surface area contributed by atoms with Gasteiger partial charge in [-0.1, -0.05) is 12.1 Å². The summed E-state index contributed by atoms with van der Waals surface area (Å²) in [6.07, 6.45) is 0. The maximum absolute atomic E-state index is 8.75. The molecule has 86 valence electrons. The predicted octanol–water partition coefficient (Wildman–Crippen LogP) is 1.58. The first-order chi connectivity index (χ1) is 7.81. The van der Waals surface area contributed by atoms with Gasteiger partial charge in [-0.05, 0) is 26.1 Å². The van der Waals surface area contributed by atoms with Crippen LogP contribution in [0.25, 0.3) is 0 Å². The highest BCUT2D eigenvalue weighted by Crippen LogP contribution is 2.26. The molecule has 0 aliphatic carbocycles. The molecular weight excluding hydrogens is 204 g/mol. The van der Waals surface area contributed by atoms with E-state index >= 15 is 0 Å². The largest absolute Gasteiger partial charge is 0.490 e. The Morgan fingerprint density at radius 2 is 1.94 bits per heavy atom. The molecule has 0 bridgehead atoms. The number of likely N-dealkylation sites (N-methyl/N-ethyl adjacent to an activating group) is 1. The summed E-state index contributed by atoms with van der Waals surface area (Å²) in [5.41, 5.74) is 0. The summed E-state index contributed by atoms with van der Waals surface area (Å²) in [5, 5.41) is 11.6. The predicted molar refractivity (Wildman–Crippen MR) is 61.6 cm³/mol. The molecule has 1 aromatic carbocycles. The first-order valence-corrected chi connectivity index (χ1v) is 5.23. The summed E-state index contributed by atoms with van der Waals surface area (Å²) >= 11 is 0. The fourth-order valence-corrected chi connectivity index (χ4v) is 1.20. The highest BCUT2D eigenvalue weighted by Gasteiger charge is 2.07. The highest BCUT2D eigenvalue weighted by molar-refractivity contribution is 5.39. The molecule has 0 radical (unpaired) electrons. The summed E-state index contributed by atoms with van der Waals surface area (Å²) < 4.78 is 10.9. The smallest absolute Gasteiger partial charge is 0.161 e. The van der Waals surface area contributed by atoms with Crippen molar-refractivity contribution >= 4 is 0 Å². The molecule has 4 nitrogen and oxygen atoms in total. The van der Waals surface area contributed by atoms with Gasteiger partial charge in [-0.2, -0.15) is 5.26 Å². The lowest BCUT2D eigenvalue weighted by Gasteiger charge is -2.13. The van der Waals surface area contributed by atoms with Crippen LogP contribution >= 0.6 is 0 Å². The van der Waals surface area contributed by atoms with Crippen molar-refractivity contribution in [2.24, 2.45) is 0 Å². The third-order valence-corrected chi connectivity index (χ3v) is 2.06. The standard InChI is InChI=1S/C12H16N2O2/c1-3-15-11-6-4-5-7-12(11)16-9-10(8-13)14-2/h4-7,10,14H,3,9H2,1-2H3. The minimum absolute atomic E-state index is 0.303. The fourth-order valence-electron chi connectivity index (χ4n) is 1.20. The number of para-hydroxylation sites is 2. The minimum Gasteiger partial charge on any atom is -0.490 e. The summed E-state index contributed by atoms with van der Waals surface area (Å²) in [7, 11) is 1.73. The lowest BCUT2D eigenvalue weighted by atomic mass is 10.3. The number of rotatable bonds is 6. The Balaban J connectivity index is 2.62. The number of nitrogens with one attached hydrogen (secondary N) is 1. The van der Waals surface area contributed by atoms with Crippen molar-refractivity contribution in [1.82, 2.24) is 5.32 Å². The molecule has 0 saturated heterocycles. The number of ether oxygens (including phenoxy) is 2. The van der Waals surface area contributed by atoms with Crippen molar-refractivity contribution in [2.45, 2.75) is 13.0 Å². The molecule has 1 unspecified atom stereocenters. The molecule has 0 aliphatic rings. The van der Waals surface area contributed by atoms with Crippen LogP contribution in [0.5, 0.6) is 11.5 Å². The van der Waals surface area contributed by atoms with Gasteiger partial charge in [0.05, 0.1) is 12.7 Å². The Hall–Kier alpha value is -1.73. The third kappa shape index (κ3) is 3.44. The maximum Gasteiger partial charge on any atom is 0.161 e. The van der Waals surface area contributed by atoms with Gasteiger partial charge in [-0.25, -0.2) is 0 Å². The van der Waals surface area contributed by atoms with Crippen LogP contribution in [0.1, 0.15) is 6.92 Å². The highest BCUT2D eigenvalue weighted by atomic mass is 16.5. The quantitative estimate of drug-likeness (QED) is 0.790. The van der Waals surface area contributed by atoms with E-state index in [1.807, 2.05) is 31.2 Å². The number of hydrogen-bond acceptors (Lipinski definition) is 4. The Morgan fingerprint density at radius 1 is 1.31 bits per heavy atom. The van der Waals surface area contributed by atoms with Crippen LogP contribution in [-0.4, -0.2) is 26.3 Å². The first-order valence-electron chi connectivity index (χ1n) is 5.23. The lowest BCUT2D eigenvalue weighted by Crippen LogP contribution is -2.29. The van der Waals surface area contributed by atoms with Gasteiger partial charge in [0.15, 0.2) is 11.5 Å². The van der Waals surface area contributed by atoms with Crippen molar-refractivity contribution in [2.75, 3.05) is 20.3 Å². The molecule has 0 saturated carbocycles. The van der Waals surface area contributed by atoms with E-state index in [0.717, 1.165) is 0 Å². The van der Waals surface area contributed by atoms with Crippen LogP contribution < -0.4 is 14.8 Å². The van der Waals surface area contributed by atoms with Gasteiger partial charge in [0.2, 0.25) is 0 Å². The summed E-state index contributed by atoms with van der Waals surface area (Å²) in [4.78, 5) is 0. The van der Waals surface area contributed by atoms with Crippen molar-refractivity contribution in [1.29, 1.82) is 5.26 Å². The third-order valence-electron chi connectivity index (χ3n) is 2.06. The SMILES string of the molecule is CCOc1ccccc1OCC(C#N)NC. The molecule has 0 aromatic heterocycles. The molecule has 1 N–H and O–H groups in total. The molecular formula is C12H16N2O2. The molecule has 4 heteroatoms. The van der Waals surface area contributed by atoms with Crippen LogP contribution in [-0.2, 0) is 0 Å². The number of nitrogens with zero attached hydrogens (tertiary/aromatic N) is 1. The van der Waals surface area contributed by atoms with Gasteiger partial charge in [0.25, 0.3) is 0 Å². The van der Waals surface area contributed by atoms with Crippen LogP contribution in [0.2, 0.25) is 0 Å². The van der Waals surface area contributed by atoms with Crippen molar-refractivity contribution in [3.63, 3.8) is 0 Å². The van der Waals surface area contributed by atoms with Gasteiger partial charge < -0.3 is 14.8 Å². The summed E-state index contributed by atoms with van der Waals surface area (Å²) in [6, 6.07) is 9.22. The van der Waals surface area contributed by atoms with E-state index in [-0.39, 0.29) is 6.04 Å². The van der Waals surface area contributed by atoms with Crippen molar-refractivity contribution in [3.8, 4) is 17.6 Å². The molecule has 0 amide bonds. The van der Waals surface area contributed by atoms with Gasteiger partial charge in [0, 0.05) is 0 Å². The van der Waals surface area contributed by atoms with Crippen LogP contribution in [0.3, 0.4) is 0 Å². The normalized spacial score (nSPS) is 11.6. The molecule has 16 heavy (non-hydrogen) atoms. The van der Waals surface area contributed by atoms with Gasteiger partial charge in [0.1, 0.15) is 12.6 Å². The molecule has 0 spiro atoms. The summed E-state index contributed by atoms with van der Waals surface area (Å²) in [5.74, 6) is 1.37. The maximum atomic E-state index is 8.75. The molecule has 0 fully saturated rings. The Morgan fingerprint density at radius 3 is 2.44 bits per heavy atom. The monoisotopic (exact) mass is 220 g/mol. The van der Waals surface area contributed by atoms with E-state index in [1.54, 1.807) is 7.05 Å². The van der Waals surface area contributed by atoms with E-state index in [1.165, 1.54) is 0 Å². The molecule has 1 aromatic rings. The fraction of sp³-hybridized carbons (Fsp3) is 0.417. The van der Waals surface area contributed by atoms with Crippen molar-refractivity contribution < 1.29 is 9.47 Å². The molecule has 0 heterocycles. The minimum atomic E-state index is -0.310. The number of hydrogen-bond donors (Lipinski definition) is 1. The van der Waals surface area contributed by atoms with Crippen LogP contribution in [0.15, 0.2) is 24.3 Å². The lowest BCUT2D eigenvalue weighted by molar-refractivity contribution is 0.264. The van der Waals surface area contributed by atoms with Gasteiger partial charge >= 0.3 is 0 Å². The second-order valence-corrected chi connectivity index (χ2v) is 3.16. The zero-order valence-corrected chi connectivity index (χ0v) is 9.56. The topological polar surface area (TPSA) is 54.3 Å². The van der Waals surface area contributed by atoms with Gasteiger partial charge in [-0.15, -0.1) is 0 Å². The Bertz CT molecular complexity index is 360. The average Bonchev–Trinajstić information content (AvgIpc) is 2.33. The van der Waals surface area contributed by atoms with Crippen LogP contribution in [0, 0.1) is 11.3 Å². The number of nitriles is 1. The van der Waals surface area contributed by atoms with Crippen molar-refractivity contribution in [3.05, 3.63) is 24.3 Å². The summed E-state index contributed by atoms with van der Waals surface area (Å²) in [6.45, 7) is 2.81. The van der Waals surface area contributed by atoms with E-state index in [9.17, 15) is 0 Å². The second-order valence-electron chi connectivity index (χ2n) is 3.16. The number of benzene rings is 1. The molecule has 1 rings (SSSR count). The van der Waals surface area contributed by atoms with E-state index < -0.39 is 0 Å². The first kappa shape index (κ1) is 12.3. The average molecular weight is 220 g/mol. The zero-order valence-electron chi connectivity index (χ0n) is 9.56. The zero-order chi connectivity index (χ0) is 11.8. The Labute approximate surface area is 95.8 Å². The van der Waals surface area contributed by atoms with E-state index in [2.05, 4.69) is 11.4 Å². The van der Waals surface area contributed by atoms with E-state index in [4.69, 9.17) is 14.7 Å². The Kier molecular flexibility index (Phi) is 5.17. The molecule has 1 atom stereocenters.